The second-order valence-electron chi connectivity index (χ2n) is 4.54. The lowest BCUT2D eigenvalue weighted by atomic mass is 10.1. The maximum atomic E-state index is 11.1. The molecule has 0 amide bonds. The molecule has 0 saturated carbocycles. The summed E-state index contributed by atoms with van der Waals surface area (Å²) < 4.78 is 5.24. The van der Waals surface area contributed by atoms with Crippen molar-refractivity contribution in [2.45, 2.75) is 26.2 Å². The van der Waals surface area contributed by atoms with Crippen molar-refractivity contribution in [2.75, 3.05) is 11.9 Å². The van der Waals surface area contributed by atoms with Gasteiger partial charge in [-0.2, -0.15) is 0 Å². The number of anilines is 1. The van der Waals surface area contributed by atoms with Crippen LogP contribution in [0.5, 0.6) is 0 Å². The fourth-order valence-electron chi connectivity index (χ4n) is 1.95. The van der Waals surface area contributed by atoms with Gasteiger partial charge in [0.25, 0.3) is 0 Å². The van der Waals surface area contributed by atoms with Crippen LogP contribution in [-0.4, -0.2) is 22.6 Å². The molecular weight excluding hydrogens is 256 g/mol. The van der Waals surface area contributed by atoms with Crippen LogP contribution in [0, 0.1) is 0 Å². The molecule has 20 heavy (non-hydrogen) atoms. The highest BCUT2D eigenvalue weighted by Gasteiger charge is 2.08. The highest BCUT2D eigenvalue weighted by Crippen LogP contribution is 2.13. The molecule has 0 unspecified atom stereocenters. The fraction of sp³-hybridized carbons (Fsp3) is 0.333. The summed E-state index contributed by atoms with van der Waals surface area (Å²) in [6, 6.07) is 6.94. The van der Waals surface area contributed by atoms with Crippen molar-refractivity contribution in [1.82, 2.24) is 4.98 Å². The minimum absolute atomic E-state index is 0.268. The third-order valence-corrected chi connectivity index (χ3v) is 2.89. The molecule has 0 aliphatic rings. The number of rotatable bonds is 7. The van der Waals surface area contributed by atoms with E-state index in [-0.39, 0.29) is 5.56 Å². The summed E-state index contributed by atoms with van der Waals surface area (Å²) in [6.45, 7) is 2.69. The first-order valence-corrected chi connectivity index (χ1v) is 6.69. The molecule has 2 N–H and O–H groups in total. The number of hydrogen-bond acceptors (Lipinski definition) is 4. The van der Waals surface area contributed by atoms with E-state index in [4.69, 9.17) is 9.52 Å². The van der Waals surface area contributed by atoms with Crippen LogP contribution < -0.4 is 5.32 Å². The smallest absolute Gasteiger partial charge is 0.335 e. The number of furan rings is 1. The Hall–Kier alpha value is -2.30. The predicted molar refractivity (Wildman–Crippen MR) is 76.1 cm³/mol. The van der Waals surface area contributed by atoms with Crippen LogP contribution in [0.2, 0.25) is 0 Å². The SMILES string of the molecule is CCCc1cc(C(=O)O)cc(NCCc2ccco2)n1. The number of aryl methyl sites for hydroxylation is 1. The summed E-state index contributed by atoms with van der Waals surface area (Å²) in [4.78, 5) is 15.5. The van der Waals surface area contributed by atoms with E-state index in [1.165, 1.54) is 0 Å². The van der Waals surface area contributed by atoms with Gasteiger partial charge in [-0.25, -0.2) is 9.78 Å². The van der Waals surface area contributed by atoms with Crippen molar-refractivity contribution in [3.63, 3.8) is 0 Å². The van der Waals surface area contributed by atoms with Gasteiger partial charge in [-0.05, 0) is 30.7 Å². The number of carboxylic acids is 1. The van der Waals surface area contributed by atoms with Gasteiger partial charge in [0.15, 0.2) is 0 Å². The number of hydrogen-bond donors (Lipinski definition) is 2. The maximum absolute atomic E-state index is 11.1. The van der Waals surface area contributed by atoms with Crippen LogP contribution in [-0.2, 0) is 12.8 Å². The van der Waals surface area contributed by atoms with Gasteiger partial charge in [0.1, 0.15) is 11.6 Å². The summed E-state index contributed by atoms with van der Waals surface area (Å²) in [5.41, 5.74) is 1.07. The molecule has 0 atom stereocenters. The van der Waals surface area contributed by atoms with E-state index in [1.807, 2.05) is 19.1 Å². The highest BCUT2D eigenvalue weighted by atomic mass is 16.4. The van der Waals surface area contributed by atoms with Gasteiger partial charge >= 0.3 is 5.97 Å². The van der Waals surface area contributed by atoms with Crippen LogP contribution in [0.1, 0.15) is 35.2 Å². The minimum Gasteiger partial charge on any atom is -0.478 e. The Kier molecular flexibility index (Phi) is 4.76. The molecule has 0 saturated heterocycles. The van der Waals surface area contributed by atoms with Gasteiger partial charge in [0.05, 0.1) is 11.8 Å². The largest absolute Gasteiger partial charge is 0.478 e. The topological polar surface area (TPSA) is 75.4 Å². The zero-order chi connectivity index (χ0) is 14.4. The van der Waals surface area contributed by atoms with Crippen LogP contribution in [0.25, 0.3) is 0 Å². The van der Waals surface area contributed by atoms with Crippen molar-refractivity contribution in [3.05, 3.63) is 47.5 Å². The molecule has 0 aromatic carbocycles. The van der Waals surface area contributed by atoms with Crippen LogP contribution >= 0.6 is 0 Å². The number of nitrogens with one attached hydrogen (secondary N) is 1. The van der Waals surface area contributed by atoms with Crippen molar-refractivity contribution >= 4 is 11.8 Å². The Labute approximate surface area is 117 Å². The molecule has 0 spiro atoms. The molecule has 5 heteroatoms. The van der Waals surface area contributed by atoms with E-state index in [0.29, 0.717) is 12.4 Å². The fourth-order valence-corrected chi connectivity index (χ4v) is 1.95. The average molecular weight is 274 g/mol. The molecule has 2 aromatic rings. The van der Waals surface area contributed by atoms with E-state index in [1.54, 1.807) is 18.4 Å². The molecular formula is C15H18N2O3. The van der Waals surface area contributed by atoms with E-state index in [9.17, 15) is 4.79 Å². The number of aromatic nitrogens is 1. The molecule has 0 radical (unpaired) electrons. The lowest BCUT2D eigenvalue weighted by Gasteiger charge is -2.08. The quantitative estimate of drug-likeness (QED) is 0.811. The van der Waals surface area contributed by atoms with Gasteiger partial charge in [0.2, 0.25) is 0 Å². The van der Waals surface area contributed by atoms with Gasteiger partial charge in [0, 0.05) is 18.7 Å². The lowest BCUT2D eigenvalue weighted by molar-refractivity contribution is 0.0696. The van der Waals surface area contributed by atoms with Gasteiger partial charge in [-0.1, -0.05) is 13.3 Å². The summed E-state index contributed by atoms with van der Waals surface area (Å²) in [7, 11) is 0. The molecule has 0 aliphatic carbocycles. The van der Waals surface area contributed by atoms with Crippen molar-refractivity contribution in [1.29, 1.82) is 0 Å². The molecule has 106 valence electrons. The molecule has 0 aliphatic heterocycles. The number of nitrogens with zero attached hydrogens (tertiary/aromatic N) is 1. The first kappa shape index (κ1) is 14.1. The third kappa shape index (κ3) is 3.85. The first-order chi connectivity index (χ1) is 9.69. The van der Waals surface area contributed by atoms with Crippen LogP contribution in [0.3, 0.4) is 0 Å². The number of aromatic carboxylic acids is 1. The Morgan fingerprint density at radius 3 is 2.90 bits per heavy atom. The summed E-state index contributed by atoms with van der Waals surface area (Å²) >= 11 is 0. The second-order valence-corrected chi connectivity index (χ2v) is 4.54. The summed E-state index contributed by atoms with van der Waals surface area (Å²) in [5, 5.41) is 12.2. The number of pyridine rings is 1. The molecule has 0 fully saturated rings. The Bertz CT molecular complexity index is 565. The van der Waals surface area contributed by atoms with E-state index in [2.05, 4.69) is 10.3 Å². The van der Waals surface area contributed by atoms with Crippen molar-refractivity contribution in [2.24, 2.45) is 0 Å². The number of carbonyl (C=O) groups is 1. The normalized spacial score (nSPS) is 10.4. The van der Waals surface area contributed by atoms with Gasteiger partial charge < -0.3 is 14.8 Å². The summed E-state index contributed by atoms with van der Waals surface area (Å²) in [6.07, 6.45) is 4.07. The average Bonchev–Trinajstić information content (AvgIpc) is 2.92. The minimum atomic E-state index is -0.932. The second kappa shape index (κ2) is 6.75. The van der Waals surface area contributed by atoms with Crippen molar-refractivity contribution < 1.29 is 14.3 Å². The van der Waals surface area contributed by atoms with Gasteiger partial charge in [-0.15, -0.1) is 0 Å². The molecule has 0 bridgehead atoms. The standard InChI is InChI=1S/C15H18N2O3/c1-2-4-12-9-11(15(18)19)10-14(17-12)16-7-6-13-5-3-8-20-13/h3,5,8-10H,2,4,6-7H2,1H3,(H,16,17)(H,18,19). The third-order valence-electron chi connectivity index (χ3n) is 2.89. The predicted octanol–water partition coefficient (Wildman–Crippen LogP) is 2.98. The monoisotopic (exact) mass is 274 g/mol. The maximum Gasteiger partial charge on any atom is 0.335 e. The summed E-state index contributed by atoms with van der Waals surface area (Å²) in [5.74, 6) is 0.555. The van der Waals surface area contributed by atoms with E-state index >= 15 is 0 Å². The lowest BCUT2D eigenvalue weighted by Crippen LogP contribution is -2.09. The van der Waals surface area contributed by atoms with Crippen LogP contribution in [0.15, 0.2) is 34.9 Å². The Morgan fingerprint density at radius 1 is 1.40 bits per heavy atom. The Balaban J connectivity index is 2.03. The zero-order valence-corrected chi connectivity index (χ0v) is 11.4. The molecule has 2 heterocycles. The van der Waals surface area contributed by atoms with Crippen molar-refractivity contribution in [3.8, 4) is 0 Å². The van der Waals surface area contributed by atoms with E-state index < -0.39 is 5.97 Å². The highest BCUT2D eigenvalue weighted by molar-refractivity contribution is 5.88. The van der Waals surface area contributed by atoms with Crippen LogP contribution in [0.4, 0.5) is 5.82 Å². The first-order valence-electron chi connectivity index (χ1n) is 6.69. The zero-order valence-electron chi connectivity index (χ0n) is 11.4. The van der Waals surface area contributed by atoms with Gasteiger partial charge in [-0.3, -0.25) is 0 Å². The van der Waals surface area contributed by atoms with E-state index in [0.717, 1.165) is 30.7 Å². The molecule has 5 nitrogen and oxygen atoms in total. The number of carboxylic acid groups (broad SMARTS) is 1. The Morgan fingerprint density at radius 2 is 2.25 bits per heavy atom. The molecule has 2 aromatic heterocycles. The molecule has 2 rings (SSSR count).